The lowest BCUT2D eigenvalue weighted by molar-refractivity contribution is 1.28. The number of benzene rings is 11. The Balaban J connectivity index is 1.11. The van der Waals surface area contributed by atoms with Gasteiger partial charge in [0, 0.05) is 16.9 Å². The van der Waals surface area contributed by atoms with Gasteiger partial charge in [0.2, 0.25) is 0 Å². The molecule has 1 heteroatoms. The van der Waals surface area contributed by atoms with E-state index in [1.54, 1.807) is 0 Å². The molecule has 0 saturated carbocycles. The summed E-state index contributed by atoms with van der Waals surface area (Å²) in [4.78, 5) is 2.45. The third-order valence-corrected chi connectivity index (χ3v) is 12.3. The van der Waals surface area contributed by atoms with Gasteiger partial charge < -0.3 is 4.90 Å². The average Bonchev–Trinajstić information content (AvgIpc) is 3.37. The van der Waals surface area contributed by atoms with Gasteiger partial charge in [-0.25, -0.2) is 0 Å². The minimum atomic E-state index is 1.08. The van der Waals surface area contributed by atoms with Crippen molar-refractivity contribution in [2.24, 2.45) is 0 Å². The van der Waals surface area contributed by atoms with E-state index in [0.717, 1.165) is 39.3 Å². The van der Waals surface area contributed by atoms with Gasteiger partial charge in [0.1, 0.15) is 0 Å². The standard InChI is InChI=1S/C62H43N/c1-5-18-44(19-6-1)50-36-39-62(61(43-50)47-24-11-4-12-25-47)63(54-30-16-28-52(41-54)56-32-17-33-58-55-31-14-13-26-48(55)34-38-59(56)58)53-29-15-27-49(40-53)51-35-37-57(45-20-7-2-8-21-45)60(42-51)46-22-9-3-10-23-46/h1-43H. The molecule has 0 aliphatic carbocycles. The first kappa shape index (κ1) is 37.7. The van der Waals surface area contributed by atoms with Gasteiger partial charge in [-0.1, -0.05) is 218 Å². The SMILES string of the molecule is c1ccc(-c2ccc(N(c3cccc(-c4ccc(-c5ccccc5)c(-c5ccccc5)c4)c3)c3cccc(-c4cccc5c4ccc4ccccc45)c3)c(-c3ccccc3)c2)cc1. The Hall–Kier alpha value is -8.26. The second kappa shape index (κ2) is 16.7. The molecule has 0 spiro atoms. The molecule has 1 nitrogen and oxygen atoms in total. The molecule has 0 aliphatic heterocycles. The highest BCUT2D eigenvalue weighted by molar-refractivity contribution is 6.12. The van der Waals surface area contributed by atoms with Crippen LogP contribution >= 0.6 is 0 Å². The monoisotopic (exact) mass is 801 g/mol. The molecular formula is C62H43N. The molecule has 11 rings (SSSR count). The van der Waals surface area contributed by atoms with Gasteiger partial charge in [0.25, 0.3) is 0 Å². The highest BCUT2D eigenvalue weighted by Crippen LogP contribution is 2.45. The molecule has 0 radical (unpaired) electrons. The van der Waals surface area contributed by atoms with Crippen LogP contribution in [0.15, 0.2) is 261 Å². The van der Waals surface area contributed by atoms with Crippen LogP contribution < -0.4 is 4.90 Å². The van der Waals surface area contributed by atoms with Gasteiger partial charge in [-0.3, -0.25) is 0 Å². The zero-order chi connectivity index (χ0) is 42.0. The Kier molecular flexibility index (Phi) is 9.97. The lowest BCUT2D eigenvalue weighted by atomic mass is 9.91. The maximum atomic E-state index is 2.45. The van der Waals surface area contributed by atoms with Gasteiger partial charge in [0.15, 0.2) is 0 Å². The van der Waals surface area contributed by atoms with E-state index in [2.05, 4.69) is 266 Å². The summed E-state index contributed by atoms with van der Waals surface area (Å²) in [5.41, 5.74) is 17.4. The normalized spacial score (nSPS) is 11.2. The molecular weight excluding hydrogens is 759 g/mol. The first-order valence-electron chi connectivity index (χ1n) is 21.7. The molecule has 0 heterocycles. The van der Waals surface area contributed by atoms with Crippen LogP contribution in [-0.2, 0) is 0 Å². The predicted octanol–water partition coefficient (Wildman–Crippen LogP) is 17.5. The second-order valence-corrected chi connectivity index (χ2v) is 16.1. The van der Waals surface area contributed by atoms with E-state index in [9.17, 15) is 0 Å². The summed E-state index contributed by atoms with van der Waals surface area (Å²) in [6.45, 7) is 0. The van der Waals surface area contributed by atoms with Crippen LogP contribution in [0.3, 0.4) is 0 Å². The van der Waals surface area contributed by atoms with Crippen LogP contribution in [0.5, 0.6) is 0 Å². The van der Waals surface area contributed by atoms with Crippen molar-refractivity contribution >= 4 is 38.6 Å². The van der Waals surface area contributed by atoms with Crippen molar-refractivity contribution in [1.29, 1.82) is 0 Å². The van der Waals surface area contributed by atoms with E-state index in [4.69, 9.17) is 0 Å². The van der Waals surface area contributed by atoms with Crippen LogP contribution in [0.4, 0.5) is 17.1 Å². The summed E-state index contributed by atoms with van der Waals surface area (Å²) in [7, 11) is 0. The first-order valence-corrected chi connectivity index (χ1v) is 21.7. The van der Waals surface area contributed by atoms with Crippen LogP contribution in [0, 0.1) is 0 Å². The highest BCUT2D eigenvalue weighted by Gasteiger charge is 2.21. The minimum Gasteiger partial charge on any atom is -0.310 e. The molecule has 0 aliphatic rings. The topological polar surface area (TPSA) is 3.24 Å². The Labute approximate surface area is 369 Å². The Bertz CT molecular complexity index is 3370. The van der Waals surface area contributed by atoms with Crippen LogP contribution in [-0.4, -0.2) is 0 Å². The fourth-order valence-corrected chi connectivity index (χ4v) is 9.20. The Morgan fingerprint density at radius 2 is 0.683 bits per heavy atom. The van der Waals surface area contributed by atoms with Gasteiger partial charge >= 0.3 is 0 Å². The summed E-state index contributed by atoms with van der Waals surface area (Å²) in [5.74, 6) is 0. The number of hydrogen-bond donors (Lipinski definition) is 0. The summed E-state index contributed by atoms with van der Waals surface area (Å²) in [6, 6.07) is 94.8. The number of fused-ring (bicyclic) bond motifs is 3. The van der Waals surface area contributed by atoms with Crippen molar-refractivity contribution in [3.05, 3.63) is 261 Å². The van der Waals surface area contributed by atoms with E-state index in [-0.39, 0.29) is 0 Å². The minimum absolute atomic E-state index is 1.08. The smallest absolute Gasteiger partial charge is 0.0540 e. The Morgan fingerprint density at radius 1 is 0.206 bits per heavy atom. The molecule has 0 aromatic heterocycles. The fourth-order valence-electron chi connectivity index (χ4n) is 9.20. The van der Waals surface area contributed by atoms with Gasteiger partial charge in [-0.2, -0.15) is 0 Å². The van der Waals surface area contributed by atoms with Crippen molar-refractivity contribution in [3.63, 3.8) is 0 Å². The molecule has 296 valence electrons. The van der Waals surface area contributed by atoms with E-state index >= 15 is 0 Å². The largest absolute Gasteiger partial charge is 0.310 e. The highest BCUT2D eigenvalue weighted by atomic mass is 15.1. The van der Waals surface area contributed by atoms with Crippen molar-refractivity contribution in [3.8, 4) is 66.8 Å². The maximum absolute atomic E-state index is 2.45. The molecule has 11 aromatic rings. The fraction of sp³-hybridized carbons (Fsp3) is 0. The molecule has 0 N–H and O–H groups in total. The summed E-state index contributed by atoms with van der Waals surface area (Å²) in [5, 5.41) is 5.02. The number of rotatable bonds is 9. The second-order valence-electron chi connectivity index (χ2n) is 16.1. The number of anilines is 3. The number of hydrogen-bond acceptors (Lipinski definition) is 1. The zero-order valence-corrected chi connectivity index (χ0v) is 34.8. The zero-order valence-electron chi connectivity index (χ0n) is 34.8. The molecule has 0 saturated heterocycles. The third-order valence-electron chi connectivity index (χ3n) is 12.3. The van der Waals surface area contributed by atoms with E-state index in [0.29, 0.717) is 0 Å². The molecule has 0 amide bonds. The molecule has 11 aromatic carbocycles. The van der Waals surface area contributed by atoms with E-state index in [1.165, 1.54) is 66.1 Å². The lowest BCUT2D eigenvalue weighted by Gasteiger charge is -2.29. The maximum Gasteiger partial charge on any atom is 0.0540 e. The van der Waals surface area contributed by atoms with Crippen molar-refractivity contribution in [2.45, 2.75) is 0 Å². The average molecular weight is 802 g/mol. The van der Waals surface area contributed by atoms with Crippen LogP contribution in [0.2, 0.25) is 0 Å². The van der Waals surface area contributed by atoms with E-state index < -0.39 is 0 Å². The van der Waals surface area contributed by atoms with Crippen molar-refractivity contribution < 1.29 is 0 Å². The molecule has 0 unspecified atom stereocenters. The molecule has 0 atom stereocenters. The lowest BCUT2D eigenvalue weighted by Crippen LogP contribution is -2.11. The van der Waals surface area contributed by atoms with Gasteiger partial charge in [0.05, 0.1) is 5.69 Å². The molecule has 0 bridgehead atoms. The van der Waals surface area contributed by atoms with Crippen molar-refractivity contribution in [1.82, 2.24) is 0 Å². The Morgan fingerprint density at radius 3 is 1.38 bits per heavy atom. The van der Waals surface area contributed by atoms with Crippen molar-refractivity contribution in [2.75, 3.05) is 4.90 Å². The van der Waals surface area contributed by atoms with Crippen LogP contribution in [0.25, 0.3) is 88.3 Å². The summed E-state index contributed by atoms with van der Waals surface area (Å²) < 4.78 is 0. The predicted molar refractivity (Wildman–Crippen MR) is 269 cm³/mol. The van der Waals surface area contributed by atoms with E-state index in [1.807, 2.05) is 0 Å². The number of nitrogens with zero attached hydrogens (tertiary/aromatic N) is 1. The van der Waals surface area contributed by atoms with Gasteiger partial charge in [-0.05, 0) is 125 Å². The van der Waals surface area contributed by atoms with Crippen LogP contribution in [0.1, 0.15) is 0 Å². The quantitative estimate of drug-likeness (QED) is 0.131. The van der Waals surface area contributed by atoms with Gasteiger partial charge in [-0.15, -0.1) is 0 Å². The first-order chi connectivity index (χ1) is 31.2. The molecule has 63 heavy (non-hydrogen) atoms. The summed E-state index contributed by atoms with van der Waals surface area (Å²) in [6.07, 6.45) is 0. The molecule has 0 fully saturated rings. The third kappa shape index (κ3) is 7.37. The summed E-state index contributed by atoms with van der Waals surface area (Å²) >= 11 is 0.